The summed E-state index contributed by atoms with van der Waals surface area (Å²) in [5.41, 5.74) is 4.85. The van der Waals surface area contributed by atoms with Gasteiger partial charge in [0.25, 0.3) is 0 Å². The molecule has 0 aliphatic heterocycles. The van der Waals surface area contributed by atoms with Crippen LogP contribution in [0.1, 0.15) is 11.1 Å². The summed E-state index contributed by atoms with van der Waals surface area (Å²) >= 11 is 0. The van der Waals surface area contributed by atoms with Crippen LogP contribution in [0.5, 0.6) is 11.5 Å². The minimum Gasteiger partial charge on any atom is -0.493 e. The number of hydrogen-bond acceptors (Lipinski definition) is 4. The Morgan fingerprint density at radius 2 is 1.46 bits per heavy atom. The maximum absolute atomic E-state index is 5.98. The van der Waals surface area contributed by atoms with E-state index in [0.717, 1.165) is 33.9 Å². The van der Waals surface area contributed by atoms with Crippen molar-refractivity contribution in [3.8, 4) is 28.4 Å². The first-order valence-corrected chi connectivity index (χ1v) is 11.4. The Morgan fingerprint density at radius 3 is 2.17 bits per heavy atom. The maximum atomic E-state index is 5.98. The number of ether oxygens (including phenoxy) is 2. The molecule has 0 aliphatic carbocycles. The third kappa shape index (κ3) is 5.31. The zero-order valence-electron chi connectivity index (χ0n) is 19.4. The van der Waals surface area contributed by atoms with Crippen LogP contribution in [0.4, 0.5) is 5.82 Å². The molecule has 5 rings (SSSR count). The van der Waals surface area contributed by atoms with Crippen molar-refractivity contribution in [2.75, 3.05) is 7.11 Å². The van der Waals surface area contributed by atoms with Gasteiger partial charge in [0.2, 0.25) is 0 Å². The van der Waals surface area contributed by atoms with Crippen LogP contribution in [0.2, 0.25) is 0 Å². The molecule has 5 heteroatoms. The normalized spacial score (nSPS) is 11.0. The van der Waals surface area contributed by atoms with Crippen LogP contribution in [-0.2, 0) is 6.61 Å². The molecule has 172 valence electrons. The summed E-state index contributed by atoms with van der Waals surface area (Å²) in [4.78, 5) is 4.78. The molecule has 0 aliphatic rings. The molecular formula is C30H25N3O2. The van der Waals surface area contributed by atoms with E-state index in [4.69, 9.17) is 19.6 Å². The molecule has 0 amide bonds. The van der Waals surface area contributed by atoms with E-state index in [2.05, 4.69) is 0 Å². The first-order valence-electron chi connectivity index (χ1n) is 11.4. The van der Waals surface area contributed by atoms with Crippen molar-refractivity contribution in [2.45, 2.75) is 6.61 Å². The highest BCUT2D eigenvalue weighted by atomic mass is 16.5. The second-order valence-corrected chi connectivity index (χ2v) is 7.94. The molecule has 0 bridgehead atoms. The summed E-state index contributed by atoms with van der Waals surface area (Å²) in [7, 11) is 1.64. The molecule has 4 aromatic carbocycles. The minimum atomic E-state index is 0.475. The minimum absolute atomic E-state index is 0.475. The average Bonchev–Trinajstić information content (AvgIpc) is 3.37. The number of benzene rings is 4. The largest absolute Gasteiger partial charge is 0.493 e. The number of para-hydroxylation sites is 1. The van der Waals surface area contributed by atoms with E-state index in [9.17, 15) is 0 Å². The zero-order valence-corrected chi connectivity index (χ0v) is 19.4. The fourth-order valence-corrected chi connectivity index (χ4v) is 3.73. The predicted molar refractivity (Wildman–Crippen MR) is 140 cm³/mol. The fourth-order valence-electron chi connectivity index (χ4n) is 3.73. The first-order chi connectivity index (χ1) is 17.3. The van der Waals surface area contributed by atoms with Crippen molar-refractivity contribution in [2.24, 2.45) is 4.99 Å². The van der Waals surface area contributed by atoms with Crippen molar-refractivity contribution >= 4 is 12.0 Å². The summed E-state index contributed by atoms with van der Waals surface area (Å²) in [6, 6.07) is 38.0. The summed E-state index contributed by atoms with van der Waals surface area (Å²) in [5, 5.41) is 4.82. The van der Waals surface area contributed by atoms with Crippen molar-refractivity contribution < 1.29 is 9.47 Å². The number of aliphatic imine (C=N–C) groups is 1. The van der Waals surface area contributed by atoms with E-state index in [0.29, 0.717) is 18.1 Å². The molecule has 0 spiro atoms. The Hall–Kier alpha value is -4.64. The molecule has 0 radical (unpaired) electrons. The highest BCUT2D eigenvalue weighted by Gasteiger charge is 2.11. The molecule has 0 atom stereocenters. The highest BCUT2D eigenvalue weighted by Crippen LogP contribution is 2.30. The van der Waals surface area contributed by atoms with Crippen LogP contribution in [0.25, 0.3) is 16.9 Å². The summed E-state index contributed by atoms with van der Waals surface area (Å²) in [5.74, 6) is 2.08. The molecule has 1 aromatic heterocycles. The second kappa shape index (κ2) is 10.5. The maximum Gasteiger partial charge on any atom is 0.161 e. The van der Waals surface area contributed by atoms with E-state index >= 15 is 0 Å². The van der Waals surface area contributed by atoms with Crippen LogP contribution in [0.3, 0.4) is 0 Å². The van der Waals surface area contributed by atoms with Gasteiger partial charge < -0.3 is 9.47 Å². The molecular weight excluding hydrogens is 434 g/mol. The lowest BCUT2D eigenvalue weighted by Gasteiger charge is -2.11. The average molecular weight is 460 g/mol. The smallest absolute Gasteiger partial charge is 0.161 e. The highest BCUT2D eigenvalue weighted by molar-refractivity contribution is 5.83. The number of hydrogen-bond donors (Lipinski definition) is 0. The Balaban J connectivity index is 1.42. The third-order valence-corrected chi connectivity index (χ3v) is 5.53. The van der Waals surface area contributed by atoms with E-state index < -0.39 is 0 Å². The first kappa shape index (κ1) is 22.2. The number of rotatable bonds is 8. The fraction of sp³-hybridized carbons (Fsp3) is 0.0667. The van der Waals surface area contributed by atoms with Gasteiger partial charge in [-0.1, -0.05) is 78.9 Å². The monoisotopic (exact) mass is 459 g/mol. The number of nitrogens with zero attached hydrogens (tertiary/aromatic N) is 3. The van der Waals surface area contributed by atoms with Gasteiger partial charge in [0.1, 0.15) is 6.61 Å². The Labute approximate surface area is 204 Å². The van der Waals surface area contributed by atoms with Gasteiger partial charge in [-0.05, 0) is 41.5 Å². The Bertz CT molecular complexity index is 1410. The van der Waals surface area contributed by atoms with Gasteiger partial charge in [-0.2, -0.15) is 5.10 Å². The van der Waals surface area contributed by atoms with Crippen LogP contribution in [-0.4, -0.2) is 23.1 Å². The van der Waals surface area contributed by atoms with Crippen molar-refractivity contribution in [3.63, 3.8) is 0 Å². The molecule has 0 saturated heterocycles. The predicted octanol–water partition coefficient (Wildman–Crippen LogP) is 6.88. The lowest BCUT2D eigenvalue weighted by Crippen LogP contribution is -1.98. The van der Waals surface area contributed by atoms with Gasteiger partial charge in [0.05, 0.1) is 18.5 Å². The van der Waals surface area contributed by atoms with Gasteiger partial charge in [-0.15, -0.1) is 0 Å². The standard InChI is InChI=1S/C30H25N3O2/c1-34-29-19-24(17-18-28(29)35-22-23-11-5-2-6-12-23)21-31-30-20-27(25-13-7-3-8-14-25)32-33(30)26-15-9-4-10-16-26/h2-21H,22H2,1H3. The molecule has 5 aromatic rings. The van der Waals surface area contributed by atoms with E-state index in [1.165, 1.54) is 0 Å². The quantitative estimate of drug-likeness (QED) is 0.238. The van der Waals surface area contributed by atoms with Gasteiger partial charge in [-0.3, -0.25) is 0 Å². The van der Waals surface area contributed by atoms with Crippen LogP contribution in [0, 0.1) is 0 Å². The molecule has 1 heterocycles. The lowest BCUT2D eigenvalue weighted by atomic mass is 10.1. The van der Waals surface area contributed by atoms with Gasteiger partial charge >= 0.3 is 0 Å². The van der Waals surface area contributed by atoms with Crippen LogP contribution in [0.15, 0.2) is 120 Å². The summed E-state index contributed by atoms with van der Waals surface area (Å²) < 4.78 is 13.4. The topological polar surface area (TPSA) is 48.6 Å². The lowest BCUT2D eigenvalue weighted by molar-refractivity contribution is 0.284. The molecule has 35 heavy (non-hydrogen) atoms. The van der Waals surface area contributed by atoms with Crippen LogP contribution >= 0.6 is 0 Å². The third-order valence-electron chi connectivity index (χ3n) is 5.53. The summed E-state index contributed by atoms with van der Waals surface area (Å²) in [6.07, 6.45) is 1.81. The van der Waals surface area contributed by atoms with E-state index in [1.54, 1.807) is 7.11 Å². The molecule has 0 saturated carbocycles. The SMILES string of the molecule is COc1cc(C=Nc2cc(-c3ccccc3)nn2-c2ccccc2)ccc1OCc1ccccc1. The zero-order chi connectivity index (χ0) is 23.9. The van der Waals surface area contributed by atoms with E-state index in [1.807, 2.05) is 126 Å². The molecule has 0 fully saturated rings. The molecule has 5 nitrogen and oxygen atoms in total. The van der Waals surface area contributed by atoms with Crippen molar-refractivity contribution in [1.29, 1.82) is 0 Å². The molecule has 0 N–H and O–H groups in total. The van der Waals surface area contributed by atoms with Crippen LogP contribution < -0.4 is 9.47 Å². The Morgan fingerprint density at radius 1 is 0.771 bits per heavy atom. The second-order valence-electron chi connectivity index (χ2n) is 7.94. The van der Waals surface area contributed by atoms with Crippen molar-refractivity contribution in [3.05, 3.63) is 126 Å². The van der Waals surface area contributed by atoms with Gasteiger partial charge in [-0.25, -0.2) is 9.67 Å². The van der Waals surface area contributed by atoms with Crippen molar-refractivity contribution in [1.82, 2.24) is 9.78 Å². The number of aromatic nitrogens is 2. The number of methoxy groups -OCH3 is 1. The van der Waals surface area contributed by atoms with Gasteiger partial charge in [0.15, 0.2) is 17.3 Å². The Kier molecular flexibility index (Phi) is 6.67. The summed E-state index contributed by atoms with van der Waals surface area (Å²) in [6.45, 7) is 0.475. The molecule has 0 unspecified atom stereocenters. The van der Waals surface area contributed by atoms with Gasteiger partial charge in [0, 0.05) is 17.8 Å². The van der Waals surface area contributed by atoms with E-state index in [-0.39, 0.29) is 0 Å².